The van der Waals surface area contributed by atoms with Gasteiger partial charge in [-0.25, -0.2) is 4.79 Å². The Balaban J connectivity index is 2.43. The fraction of sp³-hybridized carbons (Fsp3) is 0.438. The van der Waals surface area contributed by atoms with E-state index < -0.39 is 29.9 Å². The second kappa shape index (κ2) is 8.96. The zero-order chi connectivity index (χ0) is 19.4. The van der Waals surface area contributed by atoms with Gasteiger partial charge in [-0.1, -0.05) is 59.1 Å². The van der Waals surface area contributed by atoms with E-state index in [0.717, 1.165) is 5.56 Å². The molecule has 1 aliphatic heterocycles. The van der Waals surface area contributed by atoms with Crippen molar-refractivity contribution in [3.05, 3.63) is 35.9 Å². The Morgan fingerprint density at radius 1 is 1.19 bits per heavy atom. The largest absolute Gasteiger partial charge is 0.445 e. The summed E-state index contributed by atoms with van der Waals surface area (Å²) in [5, 5.41) is 0. The van der Waals surface area contributed by atoms with E-state index in [2.05, 4.69) is 0 Å². The molecular weight excluding hydrogens is 424 g/mol. The predicted octanol–water partition coefficient (Wildman–Crippen LogP) is 5.62. The fourth-order valence-electron chi connectivity index (χ4n) is 2.48. The SMILES string of the molecule is CCOP(=O)(OCC)[C@H]1C=Cc2ccccc2N1C(=O)OCC(Cl)(Cl)Cl. The fourth-order valence-corrected chi connectivity index (χ4v) is 4.54. The molecule has 0 unspecified atom stereocenters. The van der Waals surface area contributed by atoms with Gasteiger partial charge in [-0.2, -0.15) is 0 Å². The monoisotopic (exact) mass is 441 g/mol. The van der Waals surface area contributed by atoms with E-state index >= 15 is 0 Å². The Kier molecular flexibility index (Phi) is 7.43. The van der Waals surface area contributed by atoms with Gasteiger partial charge in [0.2, 0.25) is 3.79 Å². The third-order valence-corrected chi connectivity index (χ3v) is 6.02. The normalized spacial score (nSPS) is 17.1. The summed E-state index contributed by atoms with van der Waals surface area (Å²) < 4.78 is 27.4. The number of halogens is 3. The van der Waals surface area contributed by atoms with Gasteiger partial charge in [0, 0.05) is 0 Å². The number of alkyl halides is 3. The van der Waals surface area contributed by atoms with Crippen molar-refractivity contribution in [2.45, 2.75) is 23.4 Å². The lowest BCUT2D eigenvalue weighted by molar-refractivity contribution is 0.153. The summed E-state index contributed by atoms with van der Waals surface area (Å²) in [5.41, 5.74) is 1.24. The van der Waals surface area contributed by atoms with Gasteiger partial charge in [-0.3, -0.25) is 9.46 Å². The van der Waals surface area contributed by atoms with Crippen LogP contribution in [-0.4, -0.2) is 35.5 Å². The van der Waals surface area contributed by atoms with Crippen LogP contribution in [0.5, 0.6) is 0 Å². The lowest BCUT2D eigenvalue weighted by Gasteiger charge is -2.36. The van der Waals surface area contributed by atoms with Crippen molar-refractivity contribution in [2.75, 3.05) is 24.7 Å². The maximum atomic E-state index is 13.3. The van der Waals surface area contributed by atoms with E-state index in [1.807, 2.05) is 12.1 Å². The molecule has 0 aromatic heterocycles. The third kappa shape index (κ3) is 5.16. The highest BCUT2D eigenvalue weighted by atomic mass is 35.6. The van der Waals surface area contributed by atoms with Crippen LogP contribution in [-0.2, 0) is 18.3 Å². The van der Waals surface area contributed by atoms with Crippen LogP contribution in [0.2, 0.25) is 0 Å². The van der Waals surface area contributed by atoms with Crippen molar-refractivity contribution in [3.8, 4) is 0 Å². The first-order valence-electron chi connectivity index (χ1n) is 7.90. The number of ether oxygens (including phenoxy) is 1. The van der Waals surface area contributed by atoms with E-state index in [-0.39, 0.29) is 13.2 Å². The quantitative estimate of drug-likeness (QED) is 0.423. The first-order valence-corrected chi connectivity index (χ1v) is 10.6. The lowest BCUT2D eigenvalue weighted by Crippen LogP contribution is -2.43. The minimum Gasteiger partial charge on any atom is -0.445 e. The molecule has 6 nitrogen and oxygen atoms in total. The topological polar surface area (TPSA) is 65.1 Å². The molecule has 0 saturated carbocycles. The summed E-state index contributed by atoms with van der Waals surface area (Å²) >= 11 is 17.0. The highest BCUT2D eigenvalue weighted by molar-refractivity contribution is 7.55. The standard InChI is InChI=1S/C16H19Cl3NO5P/c1-3-24-26(22,25-4-2)14-10-9-12-7-5-6-8-13(12)20(14)15(21)23-11-16(17,18)19/h5-10,14H,3-4,11H2,1-2H3/t14-/m0/s1. The Morgan fingerprint density at radius 3 is 2.38 bits per heavy atom. The van der Waals surface area contributed by atoms with Gasteiger partial charge in [-0.15, -0.1) is 0 Å². The van der Waals surface area contributed by atoms with Gasteiger partial charge in [0.05, 0.1) is 18.9 Å². The maximum absolute atomic E-state index is 13.3. The van der Waals surface area contributed by atoms with Crippen LogP contribution in [0.15, 0.2) is 30.3 Å². The molecule has 1 aliphatic rings. The highest BCUT2D eigenvalue weighted by Crippen LogP contribution is 2.57. The average Bonchev–Trinajstić information content (AvgIpc) is 2.58. The smallest absolute Gasteiger partial charge is 0.415 e. The first kappa shape index (κ1) is 21.5. The first-order chi connectivity index (χ1) is 12.2. The van der Waals surface area contributed by atoms with Gasteiger partial charge in [0.25, 0.3) is 0 Å². The van der Waals surface area contributed by atoms with Crippen LogP contribution in [0.4, 0.5) is 10.5 Å². The van der Waals surface area contributed by atoms with E-state index in [4.69, 9.17) is 48.6 Å². The summed E-state index contributed by atoms with van der Waals surface area (Å²) in [6.45, 7) is 3.23. The van der Waals surface area contributed by atoms with Crippen LogP contribution in [0.1, 0.15) is 19.4 Å². The zero-order valence-electron chi connectivity index (χ0n) is 14.2. The lowest BCUT2D eigenvalue weighted by atomic mass is 10.1. The molecule has 0 fully saturated rings. The number of fused-ring (bicyclic) bond motifs is 1. The number of anilines is 1. The van der Waals surface area contributed by atoms with Gasteiger partial charge in [-0.05, 0) is 31.6 Å². The number of benzene rings is 1. The Labute approximate surface area is 167 Å². The molecule has 1 heterocycles. The van der Waals surface area contributed by atoms with E-state index in [1.54, 1.807) is 38.1 Å². The van der Waals surface area contributed by atoms with Gasteiger partial charge in [0.1, 0.15) is 6.61 Å². The molecule has 2 rings (SSSR count). The average molecular weight is 443 g/mol. The summed E-state index contributed by atoms with van der Waals surface area (Å²) in [7, 11) is -3.69. The van der Waals surface area contributed by atoms with Crippen molar-refractivity contribution in [3.63, 3.8) is 0 Å². The molecule has 0 N–H and O–H groups in total. The minimum atomic E-state index is -3.69. The van der Waals surface area contributed by atoms with Crippen molar-refractivity contribution < 1.29 is 23.1 Å². The number of para-hydroxylation sites is 1. The molecule has 0 saturated heterocycles. The molecule has 10 heteroatoms. The molecule has 1 amide bonds. The van der Waals surface area contributed by atoms with Crippen molar-refractivity contribution in [2.24, 2.45) is 0 Å². The van der Waals surface area contributed by atoms with Gasteiger partial charge < -0.3 is 13.8 Å². The van der Waals surface area contributed by atoms with Crippen LogP contribution < -0.4 is 4.90 Å². The Morgan fingerprint density at radius 2 is 1.81 bits per heavy atom. The highest BCUT2D eigenvalue weighted by Gasteiger charge is 2.44. The number of hydrogen-bond donors (Lipinski definition) is 0. The number of nitrogens with zero attached hydrogens (tertiary/aromatic N) is 1. The number of amides is 1. The summed E-state index contributed by atoms with van der Waals surface area (Å²) in [6.07, 6.45) is 2.52. The molecule has 0 radical (unpaired) electrons. The molecule has 1 atom stereocenters. The summed E-state index contributed by atoms with van der Waals surface area (Å²) in [5.74, 6) is -1.000. The molecular formula is C16H19Cl3NO5P. The minimum absolute atomic E-state index is 0.153. The third-order valence-electron chi connectivity index (χ3n) is 3.41. The maximum Gasteiger partial charge on any atom is 0.415 e. The Bertz CT molecular complexity index is 712. The number of carbonyl (C=O) groups is 1. The second-order valence-corrected chi connectivity index (χ2v) is 9.89. The number of hydrogen-bond acceptors (Lipinski definition) is 5. The van der Waals surface area contributed by atoms with Crippen LogP contribution in [0, 0.1) is 0 Å². The molecule has 144 valence electrons. The molecule has 26 heavy (non-hydrogen) atoms. The van der Waals surface area contributed by atoms with Crippen molar-refractivity contribution >= 4 is 60.3 Å². The van der Waals surface area contributed by atoms with Gasteiger partial charge >= 0.3 is 13.7 Å². The zero-order valence-corrected chi connectivity index (χ0v) is 17.4. The number of carbonyl (C=O) groups excluding carboxylic acids is 1. The number of rotatable bonds is 6. The molecule has 1 aromatic rings. The molecule has 1 aromatic carbocycles. The summed E-state index contributed by atoms with van der Waals surface area (Å²) in [4.78, 5) is 13.9. The van der Waals surface area contributed by atoms with E-state index in [1.165, 1.54) is 4.90 Å². The van der Waals surface area contributed by atoms with Crippen LogP contribution in [0.3, 0.4) is 0 Å². The Hall–Kier alpha value is -0.750. The van der Waals surface area contributed by atoms with Crippen molar-refractivity contribution in [1.29, 1.82) is 0 Å². The summed E-state index contributed by atoms with van der Waals surface area (Å²) in [6, 6.07) is 7.07. The van der Waals surface area contributed by atoms with Gasteiger partial charge in [0.15, 0.2) is 5.78 Å². The molecule has 0 aliphatic carbocycles. The van der Waals surface area contributed by atoms with Crippen LogP contribution in [0.25, 0.3) is 6.08 Å². The predicted molar refractivity (Wildman–Crippen MR) is 104 cm³/mol. The van der Waals surface area contributed by atoms with Crippen molar-refractivity contribution in [1.82, 2.24) is 0 Å². The molecule has 0 bridgehead atoms. The van der Waals surface area contributed by atoms with E-state index in [0.29, 0.717) is 5.69 Å². The van der Waals surface area contributed by atoms with Crippen LogP contribution >= 0.6 is 42.4 Å². The molecule has 0 spiro atoms. The van der Waals surface area contributed by atoms with E-state index in [9.17, 15) is 9.36 Å². The second-order valence-electron chi connectivity index (χ2n) is 5.25.